The van der Waals surface area contributed by atoms with Crippen molar-refractivity contribution in [3.8, 4) is 0 Å². The lowest BCUT2D eigenvalue weighted by molar-refractivity contribution is 0.0119. The first-order valence-corrected chi connectivity index (χ1v) is 13.2. The van der Waals surface area contributed by atoms with Crippen molar-refractivity contribution in [2.24, 2.45) is 0 Å². The Morgan fingerprint density at radius 3 is 1.75 bits per heavy atom. The summed E-state index contributed by atoms with van der Waals surface area (Å²) in [5.74, 6) is 0. The second kappa shape index (κ2) is 10.9. The molecular weight excluding hydrogens is 452 g/mol. The van der Waals surface area contributed by atoms with E-state index >= 15 is 0 Å². The molecule has 0 bridgehead atoms. The van der Waals surface area contributed by atoms with E-state index in [1.807, 2.05) is 13.8 Å². The highest BCUT2D eigenvalue weighted by Crippen LogP contribution is 2.23. The molecule has 0 aliphatic heterocycles. The quantitative estimate of drug-likeness (QED) is 0.413. The molecule has 1 atom stereocenters. The van der Waals surface area contributed by atoms with Gasteiger partial charge in [0.15, 0.2) is 0 Å². The maximum atomic E-state index is 12.5. The third-order valence-electron chi connectivity index (χ3n) is 4.82. The number of aryl methyl sites for hydroxylation is 2. The number of hydrogen-bond acceptors (Lipinski definition) is 7. The van der Waals surface area contributed by atoms with Gasteiger partial charge in [0.1, 0.15) is 0 Å². The highest BCUT2D eigenvalue weighted by Gasteiger charge is 2.28. The van der Waals surface area contributed by atoms with Crippen LogP contribution in [-0.2, 0) is 33.3 Å². The summed E-state index contributed by atoms with van der Waals surface area (Å²) in [7, 11) is -7.70. The molecule has 0 aromatic heterocycles. The maximum absolute atomic E-state index is 12.5. The maximum Gasteiger partial charge on any atom is 0.297 e. The summed E-state index contributed by atoms with van der Waals surface area (Å²) in [4.78, 5) is 0.225. The van der Waals surface area contributed by atoms with Crippen LogP contribution in [0.25, 0.3) is 0 Å². The van der Waals surface area contributed by atoms with Crippen LogP contribution in [0.1, 0.15) is 44.7 Å². The molecule has 0 fully saturated rings. The first-order chi connectivity index (χ1) is 14.8. The van der Waals surface area contributed by atoms with E-state index in [1.165, 1.54) is 24.3 Å². The molecule has 0 amide bonds. The predicted molar refractivity (Wildman–Crippen MR) is 122 cm³/mol. The average molecular weight is 485 g/mol. The topological polar surface area (TPSA) is 96.0 Å². The monoisotopic (exact) mass is 484 g/mol. The zero-order valence-corrected chi connectivity index (χ0v) is 20.8. The lowest BCUT2D eigenvalue weighted by Crippen LogP contribution is -2.30. The minimum Gasteiger partial charge on any atom is -0.378 e. The average Bonchev–Trinajstić information content (AvgIpc) is 2.67. The molecule has 0 saturated heterocycles. The zero-order chi connectivity index (χ0) is 24.0. The second-order valence-corrected chi connectivity index (χ2v) is 11.6. The molecule has 2 aromatic rings. The van der Waals surface area contributed by atoms with E-state index in [0.717, 1.165) is 11.1 Å². The van der Waals surface area contributed by atoms with Gasteiger partial charge in [-0.1, -0.05) is 35.4 Å². The number of ether oxygens (including phenoxy) is 1. The molecule has 2 aromatic carbocycles. The molecule has 1 unspecified atom stereocenters. The van der Waals surface area contributed by atoms with Crippen molar-refractivity contribution in [3.63, 3.8) is 0 Å². The van der Waals surface area contributed by atoms with E-state index in [2.05, 4.69) is 0 Å². The Kier molecular flexibility index (Phi) is 9.01. The smallest absolute Gasteiger partial charge is 0.297 e. The van der Waals surface area contributed by atoms with E-state index < -0.39 is 25.8 Å². The fraction of sp³-hybridized carbons (Fsp3) is 0.478. The van der Waals surface area contributed by atoms with Gasteiger partial charge in [0, 0.05) is 13.0 Å². The molecule has 0 heterocycles. The normalized spacial score (nSPS) is 13.8. The largest absolute Gasteiger partial charge is 0.378 e. The summed E-state index contributed by atoms with van der Waals surface area (Å²) in [6, 6.07) is 12.9. The van der Waals surface area contributed by atoms with Crippen LogP contribution >= 0.6 is 0 Å². The van der Waals surface area contributed by atoms with Gasteiger partial charge >= 0.3 is 0 Å². The Labute approximate surface area is 192 Å². The molecular formula is C23H32O7S2. The highest BCUT2D eigenvalue weighted by molar-refractivity contribution is 7.87. The Hall–Kier alpha value is -1.78. The van der Waals surface area contributed by atoms with E-state index in [0.29, 0.717) is 12.8 Å². The van der Waals surface area contributed by atoms with Crippen molar-refractivity contribution in [2.45, 2.75) is 69.0 Å². The standard InChI is InChI=1S/C23H32O7S2/c1-18-6-10-21(11-7-18)31(24,25)29-16-14-20(3)28-17-15-23(4,5)30-32(26,27)22-12-8-19(2)9-13-22/h6-13,20H,14-17H2,1-5H3. The van der Waals surface area contributed by atoms with Crippen LogP contribution in [0.2, 0.25) is 0 Å². The van der Waals surface area contributed by atoms with Gasteiger partial charge in [-0.05, 0) is 65.3 Å². The van der Waals surface area contributed by atoms with Gasteiger partial charge in [0.05, 0.1) is 28.1 Å². The van der Waals surface area contributed by atoms with Crippen molar-refractivity contribution in [2.75, 3.05) is 13.2 Å². The Morgan fingerprint density at radius 1 is 0.781 bits per heavy atom. The summed E-state index contributed by atoms with van der Waals surface area (Å²) >= 11 is 0. The molecule has 7 nitrogen and oxygen atoms in total. The molecule has 9 heteroatoms. The molecule has 0 spiro atoms. The van der Waals surface area contributed by atoms with Gasteiger partial charge in [-0.3, -0.25) is 8.37 Å². The van der Waals surface area contributed by atoms with E-state index in [1.54, 1.807) is 45.0 Å². The van der Waals surface area contributed by atoms with Crippen molar-refractivity contribution in [3.05, 3.63) is 59.7 Å². The lowest BCUT2D eigenvalue weighted by atomic mass is 10.1. The van der Waals surface area contributed by atoms with Crippen LogP contribution in [0.3, 0.4) is 0 Å². The minimum absolute atomic E-state index is 0.0148. The first-order valence-electron chi connectivity index (χ1n) is 10.4. The van der Waals surface area contributed by atoms with Gasteiger partial charge in [-0.2, -0.15) is 16.8 Å². The van der Waals surface area contributed by atoms with Crippen molar-refractivity contribution >= 4 is 20.2 Å². The van der Waals surface area contributed by atoms with Gasteiger partial charge in [-0.15, -0.1) is 0 Å². The van der Waals surface area contributed by atoms with Crippen LogP contribution < -0.4 is 0 Å². The number of benzene rings is 2. The molecule has 0 saturated carbocycles. The van der Waals surface area contributed by atoms with Crippen molar-refractivity contribution in [1.82, 2.24) is 0 Å². The van der Waals surface area contributed by atoms with E-state index in [4.69, 9.17) is 13.1 Å². The second-order valence-electron chi connectivity index (χ2n) is 8.42. The SMILES string of the molecule is Cc1ccc(S(=O)(=O)OCCC(C)OCCC(C)(C)OS(=O)(=O)c2ccc(C)cc2)cc1. The number of rotatable bonds is 12. The minimum atomic E-state index is -3.89. The van der Waals surface area contributed by atoms with Gasteiger partial charge in [-0.25, -0.2) is 0 Å². The lowest BCUT2D eigenvalue weighted by Gasteiger charge is -2.25. The number of hydrogen-bond donors (Lipinski definition) is 0. The Balaban J connectivity index is 1.77. The van der Waals surface area contributed by atoms with E-state index in [-0.39, 0.29) is 29.1 Å². The summed E-state index contributed by atoms with van der Waals surface area (Å²) in [6.45, 7) is 9.16. The fourth-order valence-corrected chi connectivity index (χ4v) is 4.94. The molecule has 0 aliphatic carbocycles. The fourth-order valence-electron chi connectivity index (χ4n) is 2.78. The van der Waals surface area contributed by atoms with Crippen LogP contribution in [0.5, 0.6) is 0 Å². The molecule has 2 rings (SSSR count). The van der Waals surface area contributed by atoms with Crippen LogP contribution in [0.4, 0.5) is 0 Å². The van der Waals surface area contributed by atoms with Crippen LogP contribution in [-0.4, -0.2) is 41.8 Å². The van der Waals surface area contributed by atoms with Crippen molar-refractivity contribution in [1.29, 1.82) is 0 Å². The van der Waals surface area contributed by atoms with Gasteiger partial charge in [0.25, 0.3) is 20.2 Å². The summed E-state index contributed by atoms with van der Waals surface area (Å²) < 4.78 is 65.6. The van der Waals surface area contributed by atoms with Gasteiger partial charge in [0.2, 0.25) is 0 Å². The molecule has 178 valence electrons. The molecule has 0 N–H and O–H groups in total. The van der Waals surface area contributed by atoms with Gasteiger partial charge < -0.3 is 4.74 Å². The molecule has 0 radical (unpaired) electrons. The van der Waals surface area contributed by atoms with E-state index in [9.17, 15) is 16.8 Å². The predicted octanol–water partition coefficient (Wildman–Crippen LogP) is 4.38. The highest BCUT2D eigenvalue weighted by atomic mass is 32.2. The third kappa shape index (κ3) is 8.29. The van der Waals surface area contributed by atoms with Crippen molar-refractivity contribution < 1.29 is 29.9 Å². The Bertz CT molecular complexity index is 1070. The summed E-state index contributed by atoms with van der Waals surface area (Å²) in [5, 5.41) is 0. The summed E-state index contributed by atoms with van der Waals surface area (Å²) in [5.41, 5.74) is 0.958. The Morgan fingerprint density at radius 2 is 1.25 bits per heavy atom. The van der Waals surface area contributed by atoms with Crippen LogP contribution in [0, 0.1) is 13.8 Å². The zero-order valence-electron chi connectivity index (χ0n) is 19.2. The molecule has 0 aliphatic rings. The summed E-state index contributed by atoms with van der Waals surface area (Å²) in [6.07, 6.45) is 0.437. The van der Waals surface area contributed by atoms with Crippen LogP contribution in [0.15, 0.2) is 58.3 Å². The molecule has 32 heavy (non-hydrogen) atoms. The third-order valence-corrected chi connectivity index (χ3v) is 7.67. The first kappa shape index (κ1) is 26.5.